The number of rotatable bonds is 6. The van der Waals surface area contributed by atoms with Gasteiger partial charge in [-0.3, -0.25) is 0 Å². The van der Waals surface area contributed by atoms with Crippen LogP contribution in [0.2, 0.25) is 5.02 Å². The zero-order chi connectivity index (χ0) is 20.3. The van der Waals surface area contributed by atoms with Crippen molar-refractivity contribution in [1.29, 1.82) is 5.26 Å². The molecule has 0 aliphatic rings. The van der Waals surface area contributed by atoms with E-state index in [1.807, 2.05) is 63.3 Å². The molecule has 8 heteroatoms. The number of nitriles is 1. The third-order valence-corrected chi connectivity index (χ3v) is 4.48. The van der Waals surface area contributed by atoms with Crippen LogP contribution in [0.15, 0.2) is 36.7 Å². The minimum atomic E-state index is -0.141. The summed E-state index contributed by atoms with van der Waals surface area (Å²) in [5, 5.41) is 11.8. The number of pyridine rings is 1. The van der Waals surface area contributed by atoms with Crippen LogP contribution in [0.1, 0.15) is 12.6 Å². The Balaban J connectivity index is 1.92. The first-order valence-corrected chi connectivity index (χ1v) is 9.13. The molecule has 3 rings (SSSR count). The van der Waals surface area contributed by atoms with Gasteiger partial charge < -0.3 is 14.5 Å². The first-order valence-electron chi connectivity index (χ1n) is 8.75. The second-order valence-electron chi connectivity index (χ2n) is 6.75. The molecule has 7 nitrogen and oxygen atoms in total. The highest BCUT2D eigenvalue weighted by Crippen LogP contribution is 2.28. The molecule has 0 bridgehead atoms. The van der Waals surface area contributed by atoms with Crippen molar-refractivity contribution in [1.82, 2.24) is 19.9 Å². The Bertz CT molecular complexity index is 1030. The summed E-state index contributed by atoms with van der Waals surface area (Å²) in [6, 6.07) is 9.66. The van der Waals surface area contributed by atoms with Gasteiger partial charge in [0, 0.05) is 30.2 Å². The predicted octanol–water partition coefficient (Wildman–Crippen LogP) is 3.65. The highest BCUT2D eigenvalue weighted by Gasteiger charge is 2.16. The number of likely N-dealkylation sites (N-methyl/N-ethyl adjacent to an activating group) is 1. The van der Waals surface area contributed by atoms with Crippen molar-refractivity contribution in [3.8, 4) is 11.9 Å². The zero-order valence-corrected chi connectivity index (χ0v) is 17.0. The van der Waals surface area contributed by atoms with E-state index in [9.17, 15) is 5.26 Å². The van der Waals surface area contributed by atoms with Crippen LogP contribution in [0.5, 0.6) is 5.88 Å². The Hall–Kier alpha value is -2.95. The number of aromatic nitrogens is 3. The van der Waals surface area contributed by atoms with Crippen molar-refractivity contribution in [3.63, 3.8) is 0 Å². The SMILES string of the molecule is CC(CN(C)C)Oc1nc(N(C)c2cc3cccc(Cl)c3cn2)cnc1C#N. The molecule has 1 unspecified atom stereocenters. The lowest BCUT2D eigenvalue weighted by Gasteiger charge is -2.21. The van der Waals surface area contributed by atoms with Crippen LogP contribution in [0.4, 0.5) is 11.6 Å². The first-order chi connectivity index (χ1) is 13.4. The molecule has 144 valence electrons. The van der Waals surface area contributed by atoms with Crippen molar-refractivity contribution in [2.75, 3.05) is 32.6 Å². The second-order valence-corrected chi connectivity index (χ2v) is 7.15. The van der Waals surface area contributed by atoms with Gasteiger partial charge in [-0.1, -0.05) is 23.7 Å². The van der Waals surface area contributed by atoms with E-state index in [1.54, 1.807) is 11.1 Å². The Morgan fingerprint density at radius 1 is 1.18 bits per heavy atom. The fraction of sp³-hybridized carbons (Fsp3) is 0.300. The molecule has 0 aliphatic carbocycles. The summed E-state index contributed by atoms with van der Waals surface area (Å²) in [5.41, 5.74) is 0.154. The van der Waals surface area contributed by atoms with E-state index in [0.29, 0.717) is 23.2 Å². The maximum Gasteiger partial charge on any atom is 0.253 e. The third-order valence-electron chi connectivity index (χ3n) is 4.15. The number of hydrogen-bond acceptors (Lipinski definition) is 7. The van der Waals surface area contributed by atoms with Crippen LogP contribution in [0.3, 0.4) is 0 Å². The largest absolute Gasteiger partial charge is 0.471 e. The average molecular weight is 397 g/mol. The van der Waals surface area contributed by atoms with E-state index in [0.717, 1.165) is 10.8 Å². The maximum atomic E-state index is 9.32. The molecule has 0 spiro atoms. The van der Waals surface area contributed by atoms with Crippen molar-refractivity contribution in [2.24, 2.45) is 0 Å². The van der Waals surface area contributed by atoms with Crippen LogP contribution in [-0.2, 0) is 0 Å². The fourth-order valence-corrected chi connectivity index (χ4v) is 3.08. The average Bonchev–Trinajstić information content (AvgIpc) is 2.66. The van der Waals surface area contributed by atoms with E-state index in [1.165, 1.54) is 6.20 Å². The number of hydrogen-bond donors (Lipinski definition) is 0. The number of halogens is 1. The van der Waals surface area contributed by atoms with Crippen molar-refractivity contribution in [3.05, 3.63) is 47.4 Å². The number of ether oxygens (including phenoxy) is 1. The summed E-state index contributed by atoms with van der Waals surface area (Å²) in [6.45, 7) is 2.62. The molecule has 1 aromatic carbocycles. The number of nitrogens with zero attached hydrogens (tertiary/aromatic N) is 6. The molecule has 0 N–H and O–H groups in total. The normalized spacial score (nSPS) is 12.0. The Morgan fingerprint density at radius 3 is 2.68 bits per heavy atom. The topological polar surface area (TPSA) is 78.2 Å². The van der Waals surface area contributed by atoms with E-state index >= 15 is 0 Å². The summed E-state index contributed by atoms with van der Waals surface area (Å²) < 4.78 is 5.86. The fourth-order valence-electron chi connectivity index (χ4n) is 2.85. The minimum Gasteiger partial charge on any atom is -0.471 e. The molecular weight excluding hydrogens is 376 g/mol. The third kappa shape index (κ3) is 4.30. The van der Waals surface area contributed by atoms with E-state index in [-0.39, 0.29) is 17.7 Å². The van der Waals surface area contributed by atoms with Crippen LogP contribution < -0.4 is 9.64 Å². The van der Waals surface area contributed by atoms with Gasteiger partial charge in [0.25, 0.3) is 5.88 Å². The minimum absolute atomic E-state index is 0.141. The molecule has 0 saturated carbocycles. The molecule has 0 aliphatic heterocycles. The monoisotopic (exact) mass is 396 g/mol. The van der Waals surface area contributed by atoms with Gasteiger partial charge in [0.15, 0.2) is 5.82 Å². The van der Waals surface area contributed by atoms with Gasteiger partial charge >= 0.3 is 0 Å². The quantitative estimate of drug-likeness (QED) is 0.629. The summed E-state index contributed by atoms with van der Waals surface area (Å²) in [6.07, 6.45) is 3.13. The number of fused-ring (bicyclic) bond motifs is 1. The van der Waals surface area contributed by atoms with E-state index < -0.39 is 0 Å². The smallest absolute Gasteiger partial charge is 0.253 e. The molecule has 0 fully saturated rings. The Kier molecular flexibility index (Phi) is 5.93. The van der Waals surface area contributed by atoms with Crippen LogP contribution in [0, 0.1) is 11.3 Å². The summed E-state index contributed by atoms with van der Waals surface area (Å²) in [5.74, 6) is 1.42. The summed E-state index contributed by atoms with van der Waals surface area (Å²) >= 11 is 6.22. The molecular formula is C20H21ClN6O. The lowest BCUT2D eigenvalue weighted by atomic mass is 10.2. The lowest BCUT2D eigenvalue weighted by Crippen LogP contribution is -2.28. The van der Waals surface area contributed by atoms with Gasteiger partial charge in [0.05, 0.1) is 6.20 Å². The van der Waals surface area contributed by atoms with Gasteiger partial charge in [-0.15, -0.1) is 0 Å². The lowest BCUT2D eigenvalue weighted by molar-refractivity contribution is 0.169. The van der Waals surface area contributed by atoms with Gasteiger partial charge in [0.1, 0.15) is 18.0 Å². The van der Waals surface area contributed by atoms with E-state index in [2.05, 4.69) is 15.0 Å². The first kappa shape index (κ1) is 19.8. The number of anilines is 2. The molecule has 0 saturated heterocycles. The standard InChI is InChI=1S/C20H21ClN6O/c1-13(12-26(2)3)28-20-17(9-22)23-11-19(25-20)27(4)18-8-14-6-5-7-16(21)15(14)10-24-18/h5-8,10-11,13H,12H2,1-4H3. The number of benzene rings is 1. The highest BCUT2D eigenvalue weighted by molar-refractivity contribution is 6.35. The maximum absolute atomic E-state index is 9.32. The molecule has 1 atom stereocenters. The van der Waals surface area contributed by atoms with Crippen molar-refractivity contribution < 1.29 is 4.74 Å². The predicted molar refractivity (Wildman–Crippen MR) is 110 cm³/mol. The highest BCUT2D eigenvalue weighted by atomic mass is 35.5. The van der Waals surface area contributed by atoms with Crippen molar-refractivity contribution >= 4 is 34.0 Å². The van der Waals surface area contributed by atoms with Gasteiger partial charge in [0.2, 0.25) is 5.69 Å². The molecule has 0 amide bonds. The van der Waals surface area contributed by atoms with Crippen LogP contribution in [0.25, 0.3) is 10.8 Å². The van der Waals surface area contributed by atoms with Gasteiger partial charge in [-0.2, -0.15) is 10.2 Å². The summed E-state index contributed by atoms with van der Waals surface area (Å²) in [4.78, 5) is 17.0. The van der Waals surface area contributed by atoms with E-state index in [4.69, 9.17) is 16.3 Å². The van der Waals surface area contributed by atoms with Gasteiger partial charge in [-0.05, 0) is 38.5 Å². The molecule has 3 aromatic rings. The van der Waals surface area contributed by atoms with Crippen LogP contribution in [-0.4, -0.2) is 53.6 Å². The molecule has 2 heterocycles. The summed E-state index contributed by atoms with van der Waals surface area (Å²) in [7, 11) is 5.75. The van der Waals surface area contributed by atoms with Gasteiger partial charge in [-0.25, -0.2) is 9.97 Å². The Labute approximate surface area is 169 Å². The van der Waals surface area contributed by atoms with Crippen LogP contribution >= 0.6 is 11.6 Å². The zero-order valence-electron chi connectivity index (χ0n) is 16.2. The second kappa shape index (κ2) is 8.38. The molecule has 2 aromatic heterocycles. The Morgan fingerprint density at radius 2 is 1.96 bits per heavy atom. The van der Waals surface area contributed by atoms with Crippen molar-refractivity contribution in [2.45, 2.75) is 13.0 Å². The molecule has 28 heavy (non-hydrogen) atoms. The molecule has 0 radical (unpaired) electrons.